The molecule has 19 heavy (non-hydrogen) atoms. The smallest absolute Gasteiger partial charge is 0.281 e. The Bertz CT molecular complexity index is 626. The van der Waals surface area contributed by atoms with Crippen LogP contribution in [-0.4, -0.2) is 17.0 Å². The molecule has 0 saturated carbocycles. The number of nitrogens with zero attached hydrogens (tertiary/aromatic N) is 1. The minimum atomic E-state index is -0.518. The van der Waals surface area contributed by atoms with Gasteiger partial charge >= 0.3 is 0 Å². The topological polar surface area (TPSA) is 60.2 Å². The van der Waals surface area contributed by atoms with Crippen LogP contribution in [0.15, 0.2) is 53.4 Å². The van der Waals surface area contributed by atoms with Gasteiger partial charge in [-0.15, -0.1) is 11.8 Å². The normalized spacial score (nSPS) is 10.2. The summed E-state index contributed by atoms with van der Waals surface area (Å²) < 4.78 is 0. The van der Waals surface area contributed by atoms with Crippen molar-refractivity contribution in [1.29, 1.82) is 0 Å². The van der Waals surface area contributed by atoms with Crippen LogP contribution in [0, 0.1) is 10.1 Å². The van der Waals surface area contributed by atoms with Gasteiger partial charge < -0.3 is 0 Å². The minimum Gasteiger partial charge on any atom is -0.288 e. The van der Waals surface area contributed by atoms with Crippen LogP contribution in [0.1, 0.15) is 15.9 Å². The third-order valence-electron chi connectivity index (χ3n) is 2.68. The fourth-order valence-electron chi connectivity index (χ4n) is 1.73. The van der Waals surface area contributed by atoms with Crippen molar-refractivity contribution in [3.05, 3.63) is 69.8 Å². The van der Waals surface area contributed by atoms with Crippen molar-refractivity contribution < 1.29 is 9.72 Å². The van der Waals surface area contributed by atoms with Crippen LogP contribution >= 0.6 is 11.8 Å². The SMILES string of the molecule is CSc1ccc(C(=O)c2ccccc2)c([N+](=O)[O-])c1. The summed E-state index contributed by atoms with van der Waals surface area (Å²) in [5.74, 6) is -0.333. The lowest BCUT2D eigenvalue weighted by Gasteiger charge is -2.04. The first kappa shape index (κ1) is 13.3. The van der Waals surface area contributed by atoms with Crippen LogP contribution in [-0.2, 0) is 0 Å². The van der Waals surface area contributed by atoms with Crippen molar-refractivity contribution in [3.63, 3.8) is 0 Å². The Hall–Kier alpha value is -2.14. The van der Waals surface area contributed by atoms with Gasteiger partial charge in [0.2, 0.25) is 0 Å². The lowest BCUT2D eigenvalue weighted by atomic mass is 10.0. The van der Waals surface area contributed by atoms with E-state index in [9.17, 15) is 14.9 Å². The Balaban J connectivity index is 2.50. The molecule has 0 aromatic heterocycles. The Labute approximate surface area is 114 Å². The van der Waals surface area contributed by atoms with Crippen molar-refractivity contribution in [2.75, 3.05) is 6.26 Å². The predicted molar refractivity (Wildman–Crippen MR) is 74.8 cm³/mol. The van der Waals surface area contributed by atoms with Crippen molar-refractivity contribution >= 4 is 23.2 Å². The van der Waals surface area contributed by atoms with Crippen LogP contribution in [0.3, 0.4) is 0 Å². The van der Waals surface area contributed by atoms with Gasteiger partial charge in [-0.1, -0.05) is 30.3 Å². The molecule has 4 nitrogen and oxygen atoms in total. The standard InChI is InChI=1S/C14H11NO3S/c1-19-11-7-8-12(13(9-11)15(17)18)14(16)10-5-3-2-4-6-10/h2-9H,1H3. The number of hydrogen-bond acceptors (Lipinski definition) is 4. The molecule has 2 aromatic carbocycles. The maximum Gasteiger partial charge on any atom is 0.281 e. The molecule has 0 unspecified atom stereocenters. The van der Waals surface area contributed by atoms with Gasteiger partial charge in [0, 0.05) is 16.5 Å². The molecule has 96 valence electrons. The van der Waals surface area contributed by atoms with Crippen molar-refractivity contribution in [3.8, 4) is 0 Å². The number of carbonyl (C=O) groups excluding carboxylic acids is 1. The summed E-state index contributed by atoms with van der Waals surface area (Å²) >= 11 is 1.40. The second kappa shape index (κ2) is 5.67. The molecule has 0 aliphatic carbocycles. The van der Waals surface area contributed by atoms with E-state index >= 15 is 0 Å². The fraction of sp³-hybridized carbons (Fsp3) is 0.0714. The van der Waals surface area contributed by atoms with Crippen LogP contribution in [0.4, 0.5) is 5.69 Å². The van der Waals surface area contributed by atoms with E-state index in [2.05, 4.69) is 0 Å². The van der Waals surface area contributed by atoms with E-state index in [1.165, 1.54) is 23.9 Å². The van der Waals surface area contributed by atoms with Gasteiger partial charge in [-0.05, 0) is 18.4 Å². The summed E-state index contributed by atoms with van der Waals surface area (Å²) in [5.41, 5.74) is 0.414. The molecule has 0 bridgehead atoms. The monoisotopic (exact) mass is 273 g/mol. The lowest BCUT2D eigenvalue weighted by Crippen LogP contribution is -2.05. The number of benzene rings is 2. The van der Waals surface area contributed by atoms with Crippen molar-refractivity contribution in [2.45, 2.75) is 4.90 Å². The van der Waals surface area contributed by atoms with Crippen LogP contribution in [0.2, 0.25) is 0 Å². The molecule has 2 aromatic rings. The molecular formula is C14H11NO3S. The number of hydrogen-bond donors (Lipinski definition) is 0. The highest BCUT2D eigenvalue weighted by Crippen LogP contribution is 2.27. The Morgan fingerprint density at radius 3 is 2.42 bits per heavy atom. The van der Waals surface area contributed by atoms with Crippen molar-refractivity contribution in [1.82, 2.24) is 0 Å². The molecule has 0 spiro atoms. The molecule has 0 N–H and O–H groups in total. The summed E-state index contributed by atoms with van der Waals surface area (Å²) in [6.07, 6.45) is 1.83. The number of nitro benzene ring substituents is 1. The van der Waals surface area contributed by atoms with Crippen LogP contribution < -0.4 is 0 Å². The van der Waals surface area contributed by atoms with Crippen LogP contribution in [0.5, 0.6) is 0 Å². The predicted octanol–water partition coefficient (Wildman–Crippen LogP) is 3.55. The van der Waals surface area contributed by atoms with E-state index in [0.29, 0.717) is 5.56 Å². The zero-order valence-corrected chi connectivity index (χ0v) is 11.0. The minimum absolute atomic E-state index is 0.119. The maximum absolute atomic E-state index is 12.3. The fourth-order valence-corrected chi connectivity index (χ4v) is 2.16. The summed E-state index contributed by atoms with van der Waals surface area (Å²) in [6, 6.07) is 13.2. The lowest BCUT2D eigenvalue weighted by molar-refractivity contribution is -0.385. The highest BCUT2D eigenvalue weighted by Gasteiger charge is 2.21. The average molecular weight is 273 g/mol. The summed E-state index contributed by atoms with van der Waals surface area (Å²) in [4.78, 5) is 23.6. The van der Waals surface area contributed by atoms with Crippen LogP contribution in [0.25, 0.3) is 0 Å². The van der Waals surface area contributed by atoms with Gasteiger partial charge in [0.15, 0.2) is 5.78 Å². The summed E-state index contributed by atoms with van der Waals surface area (Å²) in [6.45, 7) is 0. The first-order valence-corrected chi connectivity index (χ1v) is 6.78. The van der Waals surface area contributed by atoms with Gasteiger partial charge in [-0.25, -0.2) is 0 Å². The summed E-state index contributed by atoms with van der Waals surface area (Å²) in [7, 11) is 0. The maximum atomic E-state index is 12.3. The Morgan fingerprint density at radius 1 is 1.16 bits per heavy atom. The van der Waals surface area contributed by atoms with Gasteiger partial charge in [0.05, 0.1) is 4.92 Å². The molecule has 0 aliphatic heterocycles. The van der Waals surface area contributed by atoms with Crippen molar-refractivity contribution in [2.24, 2.45) is 0 Å². The van der Waals surface area contributed by atoms with E-state index in [1.54, 1.807) is 36.4 Å². The summed E-state index contributed by atoms with van der Waals surface area (Å²) in [5, 5.41) is 11.1. The molecule has 2 rings (SSSR count). The van der Waals surface area contributed by atoms with E-state index in [4.69, 9.17) is 0 Å². The average Bonchev–Trinajstić information content (AvgIpc) is 2.46. The quantitative estimate of drug-likeness (QED) is 0.370. The number of carbonyl (C=O) groups is 1. The third kappa shape index (κ3) is 2.82. The Kier molecular flexibility index (Phi) is 3.97. The zero-order valence-electron chi connectivity index (χ0n) is 10.2. The Morgan fingerprint density at radius 2 is 1.84 bits per heavy atom. The van der Waals surface area contributed by atoms with Gasteiger partial charge in [0.25, 0.3) is 5.69 Å². The molecule has 0 heterocycles. The highest BCUT2D eigenvalue weighted by atomic mass is 32.2. The van der Waals surface area contributed by atoms with Gasteiger partial charge in [-0.3, -0.25) is 14.9 Å². The molecule has 0 atom stereocenters. The second-order valence-corrected chi connectivity index (χ2v) is 4.71. The number of ketones is 1. The van der Waals surface area contributed by atoms with Gasteiger partial charge in [0.1, 0.15) is 5.56 Å². The van der Waals surface area contributed by atoms with Gasteiger partial charge in [-0.2, -0.15) is 0 Å². The first-order chi connectivity index (χ1) is 9.13. The molecular weight excluding hydrogens is 262 g/mol. The molecule has 0 aliphatic rings. The number of nitro groups is 1. The molecule has 0 radical (unpaired) electrons. The largest absolute Gasteiger partial charge is 0.288 e. The zero-order chi connectivity index (χ0) is 13.8. The second-order valence-electron chi connectivity index (χ2n) is 3.84. The van der Waals surface area contributed by atoms with E-state index in [0.717, 1.165) is 4.90 Å². The number of rotatable bonds is 4. The molecule has 0 saturated heterocycles. The third-order valence-corrected chi connectivity index (χ3v) is 3.41. The first-order valence-electron chi connectivity index (χ1n) is 5.55. The number of thioether (sulfide) groups is 1. The van der Waals surface area contributed by atoms with E-state index in [1.807, 2.05) is 6.26 Å². The highest BCUT2D eigenvalue weighted by molar-refractivity contribution is 7.98. The van der Waals surface area contributed by atoms with E-state index in [-0.39, 0.29) is 17.0 Å². The molecule has 0 amide bonds. The molecule has 0 fully saturated rings. The molecule has 5 heteroatoms. The van der Waals surface area contributed by atoms with E-state index < -0.39 is 4.92 Å².